The molecular formula is C18H16N2O3. The first kappa shape index (κ1) is 14.8. The highest BCUT2D eigenvalue weighted by atomic mass is 16.5. The number of benzene rings is 2. The number of carbonyl (C=O) groups is 2. The van der Waals surface area contributed by atoms with Crippen molar-refractivity contribution in [1.82, 2.24) is 4.57 Å². The molecule has 0 unspecified atom stereocenters. The first-order chi connectivity index (χ1) is 11.2. The molecule has 2 aromatic carbocycles. The van der Waals surface area contributed by atoms with E-state index in [1.165, 1.54) is 0 Å². The lowest BCUT2D eigenvalue weighted by Gasteiger charge is -2.07. The topological polar surface area (TPSA) is 74.3 Å². The number of fused-ring (bicyclic) bond motifs is 1. The van der Waals surface area contributed by atoms with Gasteiger partial charge in [-0.2, -0.15) is 0 Å². The van der Waals surface area contributed by atoms with E-state index in [1.54, 1.807) is 22.9 Å². The lowest BCUT2D eigenvalue weighted by atomic mass is 10.1. The van der Waals surface area contributed by atoms with E-state index in [9.17, 15) is 9.59 Å². The van der Waals surface area contributed by atoms with Crippen molar-refractivity contribution in [3.05, 3.63) is 65.9 Å². The third-order valence-corrected chi connectivity index (χ3v) is 3.64. The van der Waals surface area contributed by atoms with Gasteiger partial charge in [0.15, 0.2) is 0 Å². The minimum absolute atomic E-state index is 0.159. The number of amides is 1. The molecule has 0 fully saturated rings. The maximum absolute atomic E-state index is 11.5. The molecule has 5 nitrogen and oxygen atoms in total. The Balaban J connectivity index is 1.92. The van der Waals surface area contributed by atoms with Gasteiger partial charge in [-0.15, -0.1) is 0 Å². The van der Waals surface area contributed by atoms with Crippen LogP contribution in [0.1, 0.15) is 15.9 Å². The van der Waals surface area contributed by atoms with Crippen LogP contribution < -0.4 is 10.5 Å². The third kappa shape index (κ3) is 3.08. The second kappa shape index (κ2) is 6.36. The van der Waals surface area contributed by atoms with E-state index in [2.05, 4.69) is 0 Å². The monoisotopic (exact) mass is 308 g/mol. The van der Waals surface area contributed by atoms with Crippen LogP contribution in [0.2, 0.25) is 0 Å². The van der Waals surface area contributed by atoms with Gasteiger partial charge in [0.1, 0.15) is 18.6 Å². The molecule has 0 aliphatic carbocycles. The minimum atomic E-state index is -0.516. The molecule has 3 aromatic rings. The zero-order chi connectivity index (χ0) is 16.2. The van der Waals surface area contributed by atoms with Crippen LogP contribution in [0.4, 0.5) is 0 Å². The molecule has 0 saturated carbocycles. The van der Waals surface area contributed by atoms with Gasteiger partial charge < -0.3 is 19.8 Å². The van der Waals surface area contributed by atoms with Crippen molar-refractivity contribution >= 4 is 23.1 Å². The van der Waals surface area contributed by atoms with Crippen molar-refractivity contribution in [3.63, 3.8) is 0 Å². The number of nitrogens with zero attached hydrogens (tertiary/aromatic N) is 1. The SMILES string of the molecule is NC(=O)c1cn(CC=O)c2cc(OCc3ccccc3)ccc12. The van der Waals surface area contributed by atoms with Gasteiger partial charge in [-0.25, -0.2) is 0 Å². The predicted molar refractivity (Wildman–Crippen MR) is 87.3 cm³/mol. The first-order valence-corrected chi connectivity index (χ1v) is 7.22. The second-order valence-corrected chi connectivity index (χ2v) is 5.18. The van der Waals surface area contributed by atoms with E-state index in [4.69, 9.17) is 10.5 Å². The Kier molecular flexibility index (Phi) is 4.10. The molecule has 0 atom stereocenters. The van der Waals surface area contributed by atoms with Crippen LogP contribution in [-0.2, 0) is 17.9 Å². The fourth-order valence-electron chi connectivity index (χ4n) is 2.53. The molecule has 2 N–H and O–H groups in total. The van der Waals surface area contributed by atoms with Crippen molar-refractivity contribution in [2.45, 2.75) is 13.2 Å². The second-order valence-electron chi connectivity index (χ2n) is 5.18. The molecular weight excluding hydrogens is 292 g/mol. The standard InChI is InChI=1S/C18H16N2O3/c19-18(22)16-11-20(8-9-21)17-10-14(6-7-15(16)17)23-12-13-4-2-1-3-5-13/h1-7,9-11H,8,12H2,(H2,19,22). The number of nitrogens with two attached hydrogens (primary N) is 1. The smallest absolute Gasteiger partial charge is 0.250 e. The molecule has 23 heavy (non-hydrogen) atoms. The Bertz CT molecular complexity index is 853. The summed E-state index contributed by atoms with van der Waals surface area (Å²) in [5, 5.41) is 0.714. The fourth-order valence-corrected chi connectivity index (χ4v) is 2.53. The zero-order valence-electron chi connectivity index (χ0n) is 12.4. The summed E-state index contributed by atoms with van der Waals surface area (Å²) in [5.74, 6) is 0.153. The van der Waals surface area contributed by atoms with E-state index in [-0.39, 0.29) is 6.54 Å². The molecule has 1 heterocycles. The molecule has 0 saturated heterocycles. The van der Waals surface area contributed by atoms with Crippen LogP contribution in [0, 0.1) is 0 Å². The third-order valence-electron chi connectivity index (χ3n) is 3.64. The van der Waals surface area contributed by atoms with Crippen molar-refractivity contribution in [2.24, 2.45) is 5.73 Å². The number of hydrogen-bond acceptors (Lipinski definition) is 3. The average Bonchev–Trinajstić information content (AvgIpc) is 2.93. The van der Waals surface area contributed by atoms with Crippen LogP contribution in [0.5, 0.6) is 5.75 Å². The fraction of sp³-hybridized carbons (Fsp3) is 0.111. The number of aromatic nitrogens is 1. The van der Waals surface area contributed by atoms with Crippen LogP contribution >= 0.6 is 0 Å². The van der Waals surface area contributed by atoms with E-state index >= 15 is 0 Å². The number of primary amides is 1. The minimum Gasteiger partial charge on any atom is -0.489 e. The number of rotatable bonds is 6. The molecule has 3 rings (SSSR count). The lowest BCUT2D eigenvalue weighted by Crippen LogP contribution is -2.10. The highest BCUT2D eigenvalue weighted by molar-refractivity contribution is 6.06. The lowest BCUT2D eigenvalue weighted by molar-refractivity contribution is -0.108. The highest BCUT2D eigenvalue weighted by Gasteiger charge is 2.13. The van der Waals surface area contributed by atoms with E-state index in [0.717, 1.165) is 17.4 Å². The highest BCUT2D eigenvalue weighted by Crippen LogP contribution is 2.26. The van der Waals surface area contributed by atoms with Crippen molar-refractivity contribution in [3.8, 4) is 5.75 Å². The van der Waals surface area contributed by atoms with Crippen LogP contribution in [-0.4, -0.2) is 16.8 Å². The Labute approximate surface area is 133 Å². The molecule has 0 aliphatic heterocycles. The Morgan fingerprint density at radius 2 is 1.96 bits per heavy atom. The molecule has 0 bridgehead atoms. The van der Waals surface area contributed by atoms with Crippen LogP contribution in [0.3, 0.4) is 0 Å². The maximum atomic E-state index is 11.5. The first-order valence-electron chi connectivity index (χ1n) is 7.22. The van der Waals surface area contributed by atoms with Gasteiger partial charge in [0.05, 0.1) is 17.6 Å². The number of aldehydes is 1. The Morgan fingerprint density at radius 3 is 2.65 bits per heavy atom. The van der Waals surface area contributed by atoms with Gasteiger partial charge >= 0.3 is 0 Å². The molecule has 0 aliphatic rings. The summed E-state index contributed by atoms with van der Waals surface area (Å²) < 4.78 is 7.48. The quantitative estimate of drug-likeness (QED) is 0.711. The van der Waals surface area contributed by atoms with Gasteiger partial charge in [-0.1, -0.05) is 30.3 Å². The van der Waals surface area contributed by atoms with Gasteiger partial charge in [-0.3, -0.25) is 4.79 Å². The van der Waals surface area contributed by atoms with Crippen molar-refractivity contribution in [1.29, 1.82) is 0 Å². The van der Waals surface area contributed by atoms with Crippen molar-refractivity contribution in [2.75, 3.05) is 0 Å². The van der Waals surface area contributed by atoms with Gasteiger partial charge in [0.25, 0.3) is 5.91 Å². The molecule has 0 spiro atoms. The summed E-state index contributed by atoms with van der Waals surface area (Å²) in [6, 6.07) is 15.2. The van der Waals surface area contributed by atoms with E-state index < -0.39 is 5.91 Å². The largest absolute Gasteiger partial charge is 0.489 e. The summed E-state index contributed by atoms with van der Waals surface area (Å²) in [6.07, 6.45) is 2.38. The summed E-state index contributed by atoms with van der Waals surface area (Å²) >= 11 is 0. The summed E-state index contributed by atoms with van der Waals surface area (Å²) in [5.41, 5.74) is 7.60. The Hall–Kier alpha value is -3.08. The summed E-state index contributed by atoms with van der Waals surface area (Å²) in [7, 11) is 0. The molecule has 1 aromatic heterocycles. The number of ether oxygens (including phenoxy) is 1. The predicted octanol–water partition coefficient (Wildman–Crippen LogP) is 2.52. The van der Waals surface area contributed by atoms with E-state index in [1.807, 2.05) is 36.4 Å². The van der Waals surface area contributed by atoms with Gasteiger partial charge in [0, 0.05) is 17.6 Å². The number of carbonyl (C=O) groups excluding carboxylic acids is 2. The number of hydrogen-bond donors (Lipinski definition) is 1. The average molecular weight is 308 g/mol. The van der Waals surface area contributed by atoms with Crippen LogP contribution in [0.25, 0.3) is 10.9 Å². The molecule has 0 radical (unpaired) electrons. The zero-order valence-corrected chi connectivity index (χ0v) is 12.4. The maximum Gasteiger partial charge on any atom is 0.250 e. The normalized spacial score (nSPS) is 10.6. The summed E-state index contributed by atoms with van der Waals surface area (Å²) in [4.78, 5) is 22.3. The Morgan fingerprint density at radius 1 is 1.17 bits per heavy atom. The van der Waals surface area contributed by atoms with Gasteiger partial charge in [0.2, 0.25) is 0 Å². The molecule has 5 heteroatoms. The summed E-state index contributed by atoms with van der Waals surface area (Å²) in [6.45, 7) is 0.606. The van der Waals surface area contributed by atoms with Crippen molar-refractivity contribution < 1.29 is 14.3 Å². The van der Waals surface area contributed by atoms with E-state index in [0.29, 0.717) is 23.3 Å². The molecule has 116 valence electrons. The molecule has 1 amide bonds. The van der Waals surface area contributed by atoms with Gasteiger partial charge in [-0.05, 0) is 17.7 Å². The van der Waals surface area contributed by atoms with Crippen LogP contribution in [0.15, 0.2) is 54.7 Å².